The summed E-state index contributed by atoms with van der Waals surface area (Å²) in [6.07, 6.45) is 0.651. The zero-order valence-electron chi connectivity index (χ0n) is 18.1. The van der Waals surface area contributed by atoms with Gasteiger partial charge in [-0.3, -0.25) is 19.3 Å². The first-order chi connectivity index (χ1) is 14.0. The first kappa shape index (κ1) is 21.8. The fourth-order valence-electron chi connectivity index (χ4n) is 4.18. The van der Waals surface area contributed by atoms with Gasteiger partial charge in [-0.1, -0.05) is 12.1 Å². The summed E-state index contributed by atoms with van der Waals surface area (Å²) in [5.74, 6) is -1.07. The van der Waals surface area contributed by atoms with Crippen LogP contribution in [0.5, 0.6) is 0 Å². The third-order valence-corrected chi connectivity index (χ3v) is 5.46. The molecule has 4 amide bonds. The molecule has 0 aromatic heterocycles. The highest BCUT2D eigenvalue weighted by molar-refractivity contribution is 6.21. The molecule has 1 aliphatic heterocycles. The molecule has 1 aromatic carbocycles. The van der Waals surface area contributed by atoms with Gasteiger partial charge in [-0.2, -0.15) is 0 Å². The van der Waals surface area contributed by atoms with Crippen molar-refractivity contribution in [3.63, 3.8) is 0 Å². The van der Waals surface area contributed by atoms with E-state index in [2.05, 4.69) is 5.32 Å². The van der Waals surface area contributed by atoms with Gasteiger partial charge in [0.2, 0.25) is 5.91 Å². The predicted octanol–water partition coefficient (Wildman–Crippen LogP) is 2.43. The fourth-order valence-corrected chi connectivity index (χ4v) is 4.18. The van der Waals surface area contributed by atoms with Crippen LogP contribution in [-0.4, -0.2) is 65.4 Å². The van der Waals surface area contributed by atoms with E-state index in [1.54, 1.807) is 59.1 Å². The highest BCUT2D eigenvalue weighted by Gasteiger charge is 2.46. The molecule has 0 radical (unpaired) electrons. The number of carbonyl (C=O) groups is 4. The smallest absolute Gasteiger partial charge is 0.407 e. The number of benzene rings is 1. The SMILES string of the molecule is CN(C)C(=O)[C@H]1CC[C@@H](N2C(=O)c3ccccc3C2=O)[C@H](NC(=O)OC(C)(C)C)C1. The first-order valence-electron chi connectivity index (χ1n) is 10.2. The van der Waals surface area contributed by atoms with Gasteiger partial charge in [0.1, 0.15) is 5.60 Å². The molecule has 0 spiro atoms. The lowest BCUT2D eigenvalue weighted by Crippen LogP contribution is -2.57. The normalized spacial score (nSPS) is 23.8. The maximum atomic E-state index is 13.0. The third kappa shape index (κ3) is 4.32. The van der Waals surface area contributed by atoms with Crippen LogP contribution in [0.2, 0.25) is 0 Å². The van der Waals surface area contributed by atoms with Gasteiger partial charge in [0.25, 0.3) is 11.8 Å². The van der Waals surface area contributed by atoms with Crippen molar-refractivity contribution in [2.75, 3.05) is 14.1 Å². The molecule has 1 aliphatic carbocycles. The molecular weight excluding hydrogens is 386 g/mol. The monoisotopic (exact) mass is 415 g/mol. The number of alkyl carbamates (subject to hydrolysis) is 1. The number of hydrogen-bond donors (Lipinski definition) is 1. The lowest BCUT2D eigenvalue weighted by atomic mass is 9.80. The van der Waals surface area contributed by atoms with Crippen molar-refractivity contribution < 1.29 is 23.9 Å². The summed E-state index contributed by atoms with van der Waals surface area (Å²) in [6.45, 7) is 5.27. The molecular formula is C22H29N3O5. The second-order valence-corrected chi connectivity index (χ2v) is 9.09. The molecule has 3 rings (SSSR count). The minimum absolute atomic E-state index is 0.0354. The van der Waals surface area contributed by atoms with Gasteiger partial charge < -0.3 is 15.0 Å². The van der Waals surface area contributed by atoms with Crippen molar-refractivity contribution in [3.05, 3.63) is 35.4 Å². The topological polar surface area (TPSA) is 96.0 Å². The third-order valence-electron chi connectivity index (χ3n) is 5.46. The van der Waals surface area contributed by atoms with Crippen LogP contribution in [0.4, 0.5) is 4.79 Å². The average molecular weight is 415 g/mol. The largest absolute Gasteiger partial charge is 0.444 e. The van der Waals surface area contributed by atoms with Gasteiger partial charge in [0.05, 0.1) is 23.2 Å². The van der Waals surface area contributed by atoms with Crippen LogP contribution in [0.15, 0.2) is 24.3 Å². The van der Waals surface area contributed by atoms with Crippen molar-refractivity contribution in [1.82, 2.24) is 15.1 Å². The molecule has 0 bridgehead atoms. The molecule has 1 fully saturated rings. The zero-order chi connectivity index (χ0) is 22.2. The first-order valence-corrected chi connectivity index (χ1v) is 10.2. The van der Waals surface area contributed by atoms with Gasteiger partial charge in [-0.25, -0.2) is 4.79 Å². The van der Waals surface area contributed by atoms with Gasteiger partial charge in [0.15, 0.2) is 0 Å². The molecule has 3 atom stereocenters. The Balaban J connectivity index is 1.86. The second kappa shape index (κ2) is 8.08. The minimum atomic E-state index is -0.692. The van der Waals surface area contributed by atoms with E-state index in [1.807, 2.05) is 0 Å². The molecule has 1 saturated carbocycles. The van der Waals surface area contributed by atoms with E-state index >= 15 is 0 Å². The van der Waals surface area contributed by atoms with Crippen LogP contribution in [0.1, 0.15) is 60.7 Å². The standard InChI is InChI=1S/C22H29N3O5/c1-22(2,3)30-21(29)23-16-12-13(18(26)24(4)5)10-11-17(16)25-19(27)14-8-6-7-9-15(14)20(25)28/h6-9,13,16-17H,10-12H2,1-5H3,(H,23,29)/t13-,16+,17+/m0/s1. The molecule has 8 nitrogen and oxygen atoms in total. The van der Waals surface area contributed by atoms with E-state index in [0.29, 0.717) is 30.4 Å². The number of hydrogen-bond acceptors (Lipinski definition) is 5. The molecule has 0 unspecified atom stereocenters. The van der Waals surface area contributed by atoms with Crippen LogP contribution in [-0.2, 0) is 9.53 Å². The molecule has 0 saturated heterocycles. The Hall–Kier alpha value is -2.90. The lowest BCUT2D eigenvalue weighted by molar-refractivity contribution is -0.134. The van der Waals surface area contributed by atoms with Gasteiger partial charge in [0, 0.05) is 20.0 Å². The Morgan fingerprint density at radius 2 is 1.63 bits per heavy atom. The van der Waals surface area contributed by atoms with Gasteiger partial charge in [-0.15, -0.1) is 0 Å². The molecule has 1 N–H and O–H groups in total. The van der Waals surface area contributed by atoms with Crippen molar-refractivity contribution in [2.24, 2.45) is 5.92 Å². The summed E-state index contributed by atoms with van der Waals surface area (Å²) < 4.78 is 5.38. The Morgan fingerprint density at radius 3 is 2.13 bits per heavy atom. The highest BCUT2D eigenvalue weighted by Crippen LogP contribution is 2.34. The van der Waals surface area contributed by atoms with E-state index in [4.69, 9.17) is 4.74 Å². The molecule has 2 aliphatic rings. The number of rotatable bonds is 3. The van der Waals surface area contributed by atoms with E-state index in [0.717, 1.165) is 0 Å². The Morgan fingerprint density at radius 1 is 1.07 bits per heavy atom. The highest BCUT2D eigenvalue weighted by atomic mass is 16.6. The molecule has 30 heavy (non-hydrogen) atoms. The number of nitrogens with zero attached hydrogens (tertiary/aromatic N) is 2. The number of amides is 4. The number of fused-ring (bicyclic) bond motifs is 1. The maximum Gasteiger partial charge on any atom is 0.407 e. The second-order valence-electron chi connectivity index (χ2n) is 9.09. The van der Waals surface area contributed by atoms with E-state index in [-0.39, 0.29) is 23.6 Å². The average Bonchev–Trinajstić information content (AvgIpc) is 2.90. The van der Waals surface area contributed by atoms with Crippen LogP contribution < -0.4 is 5.32 Å². The van der Waals surface area contributed by atoms with Gasteiger partial charge in [-0.05, 0) is 52.2 Å². The van der Waals surface area contributed by atoms with E-state index in [1.165, 1.54) is 9.80 Å². The minimum Gasteiger partial charge on any atom is -0.444 e. The Bertz CT molecular complexity index is 839. The van der Waals surface area contributed by atoms with Crippen molar-refractivity contribution >= 4 is 23.8 Å². The van der Waals surface area contributed by atoms with Crippen LogP contribution >= 0.6 is 0 Å². The summed E-state index contributed by atoms with van der Waals surface area (Å²) in [5.41, 5.74) is 0.0397. The maximum absolute atomic E-state index is 13.0. The summed E-state index contributed by atoms with van der Waals surface area (Å²) in [7, 11) is 3.38. The van der Waals surface area contributed by atoms with Crippen molar-refractivity contribution in [1.29, 1.82) is 0 Å². The molecule has 1 heterocycles. The molecule has 8 heteroatoms. The summed E-state index contributed by atoms with van der Waals surface area (Å²) in [4.78, 5) is 53.7. The van der Waals surface area contributed by atoms with Crippen LogP contribution in [0.25, 0.3) is 0 Å². The van der Waals surface area contributed by atoms with Crippen LogP contribution in [0, 0.1) is 5.92 Å². The van der Waals surface area contributed by atoms with Gasteiger partial charge >= 0.3 is 6.09 Å². The fraction of sp³-hybridized carbons (Fsp3) is 0.545. The summed E-state index contributed by atoms with van der Waals surface area (Å²) >= 11 is 0. The Labute approximate surface area is 176 Å². The van der Waals surface area contributed by atoms with E-state index < -0.39 is 23.8 Å². The number of nitrogens with one attached hydrogen (secondary N) is 1. The van der Waals surface area contributed by atoms with Crippen LogP contribution in [0.3, 0.4) is 0 Å². The van der Waals surface area contributed by atoms with Crippen molar-refractivity contribution in [2.45, 2.75) is 57.7 Å². The Kier molecular flexibility index (Phi) is 5.87. The van der Waals surface area contributed by atoms with Crippen molar-refractivity contribution in [3.8, 4) is 0 Å². The van der Waals surface area contributed by atoms with E-state index in [9.17, 15) is 19.2 Å². The molecule has 1 aromatic rings. The number of carbonyl (C=O) groups excluding carboxylic acids is 4. The lowest BCUT2D eigenvalue weighted by Gasteiger charge is -2.40. The summed E-state index contributed by atoms with van der Waals surface area (Å²) in [5, 5.41) is 2.82. The molecule has 162 valence electrons. The number of ether oxygens (including phenoxy) is 1. The summed E-state index contributed by atoms with van der Waals surface area (Å²) in [6, 6.07) is 5.58. The predicted molar refractivity (Wildman–Crippen MR) is 110 cm³/mol. The zero-order valence-corrected chi connectivity index (χ0v) is 18.1. The number of imide groups is 1. The quantitative estimate of drug-likeness (QED) is 0.765.